The third-order valence-corrected chi connectivity index (χ3v) is 4.50. The summed E-state index contributed by atoms with van der Waals surface area (Å²) in [5.41, 5.74) is 0.546. The highest BCUT2D eigenvalue weighted by atomic mass is 19.2. The molecule has 1 aromatic carbocycles. The first-order chi connectivity index (χ1) is 8.64. The molecule has 0 saturated heterocycles. The first kappa shape index (κ1) is 13.5. The monoisotopic (exact) mass is 253 g/mol. The molecule has 1 aromatic rings. The molecule has 1 aliphatic rings. The smallest absolute Gasteiger partial charge is 0.163 e. The minimum Gasteiger partial charge on any atom is -0.312 e. The molecule has 0 aromatic heterocycles. The van der Waals surface area contributed by atoms with E-state index in [9.17, 15) is 8.78 Å². The Bertz CT molecular complexity index is 411. The van der Waals surface area contributed by atoms with E-state index in [4.69, 9.17) is 0 Å². The summed E-state index contributed by atoms with van der Waals surface area (Å²) in [6.07, 6.45) is 5.54. The Morgan fingerprint density at radius 1 is 1.28 bits per heavy atom. The molecule has 0 radical (unpaired) electrons. The molecule has 1 nitrogen and oxygen atoms in total. The molecule has 100 valence electrons. The lowest BCUT2D eigenvalue weighted by molar-refractivity contribution is 0.190. The molecular weight excluding hydrogens is 232 g/mol. The summed E-state index contributed by atoms with van der Waals surface area (Å²) in [7, 11) is 1.84. The van der Waals surface area contributed by atoms with Gasteiger partial charge >= 0.3 is 0 Å². The number of benzene rings is 1. The van der Waals surface area contributed by atoms with Crippen LogP contribution in [0.1, 0.15) is 50.6 Å². The predicted molar refractivity (Wildman–Crippen MR) is 69.4 cm³/mol. The molecule has 3 heteroatoms. The van der Waals surface area contributed by atoms with Crippen molar-refractivity contribution in [1.29, 1.82) is 0 Å². The molecule has 1 N–H and O–H groups in total. The Morgan fingerprint density at radius 2 is 1.94 bits per heavy atom. The van der Waals surface area contributed by atoms with Crippen LogP contribution in [-0.2, 0) is 0 Å². The summed E-state index contributed by atoms with van der Waals surface area (Å²) in [5, 5.41) is 3.21. The Balaban J connectivity index is 2.41. The molecule has 0 spiro atoms. The van der Waals surface area contributed by atoms with Gasteiger partial charge in [0.1, 0.15) is 0 Å². The standard InChI is InChI=1S/C15H21F2N/c1-3-15(9-4-5-10-15)14(18-2)11-7-6-8-12(16)13(11)17/h6-8,14,18H,3-5,9-10H2,1-2H3. The van der Waals surface area contributed by atoms with Crippen molar-refractivity contribution < 1.29 is 8.78 Å². The largest absolute Gasteiger partial charge is 0.312 e. The van der Waals surface area contributed by atoms with E-state index in [0.717, 1.165) is 19.3 Å². The zero-order valence-electron chi connectivity index (χ0n) is 11.1. The number of rotatable bonds is 4. The molecule has 0 bridgehead atoms. The summed E-state index contributed by atoms with van der Waals surface area (Å²) in [6, 6.07) is 4.38. The van der Waals surface area contributed by atoms with Crippen molar-refractivity contribution in [1.82, 2.24) is 5.32 Å². The normalized spacial score (nSPS) is 20.0. The van der Waals surface area contributed by atoms with Gasteiger partial charge in [-0.2, -0.15) is 0 Å². The SMILES string of the molecule is CCC1(C(NC)c2cccc(F)c2F)CCCC1. The zero-order chi connectivity index (χ0) is 13.2. The Labute approximate surface area is 108 Å². The van der Waals surface area contributed by atoms with E-state index in [0.29, 0.717) is 5.56 Å². The van der Waals surface area contributed by atoms with Gasteiger partial charge in [0.2, 0.25) is 0 Å². The topological polar surface area (TPSA) is 12.0 Å². The third-order valence-electron chi connectivity index (χ3n) is 4.50. The van der Waals surface area contributed by atoms with Crippen molar-refractivity contribution in [2.24, 2.45) is 5.41 Å². The number of hydrogen-bond acceptors (Lipinski definition) is 1. The quantitative estimate of drug-likeness (QED) is 0.848. The second-order valence-corrected chi connectivity index (χ2v) is 5.29. The highest BCUT2D eigenvalue weighted by molar-refractivity contribution is 5.25. The molecule has 0 aliphatic heterocycles. The first-order valence-electron chi connectivity index (χ1n) is 6.76. The summed E-state index contributed by atoms with van der Waals surface area (Å²) in [5.74, 6) is -1.45. The highest BCUT2D eigenvalue weighted by Gasteiger charge is 2.41. The molecule has 18 heavy (non-hydrogen) atoms. The van der Waals surface area contributed by atoms with Gasteiger partial charge in [0.25, 0.3) is 0 Å². The highest BCUT2D eigenvalue weighted by Crippen LogP contribution is 2.50. The van der Waals surface area contributed by atoms with Crippen LogP contribution in [-0.4, -0.2) is 7.05 Å². The molecule has 1 saturated carbocycles. The summed E-state index contributed by atoms with van der Waals surface area (Å²) in [6.45, 7) is 2.15. The van der Waals surface area contributed by atoms with Gasteiger partial charge in [0, 0.05) is 11.6 Å². The lowest BCUT2D eigenvalue weighted by Crippen LogP contribution is -2.35. The van der Waals surface area contributed by atoms with Gasteiger partial charge in [-0.3, -0.25) is 0 Å². The number of nitrogens with one attached hydrogen (secondary N) is 1. The minimum atomic E-state index is -0.753. The van der Waals surface area contributed by atoms with Gasteiger partial charge in [0.15, 0.2) is 11.6 Å². The van der Waals surface area contributed by atoms with E-state index < -0.39 is 11.6 Å². The van der Waals surface area contributed by atoms with Crippen molar-refractivity contribution in [2.45, 2.75) is 45.1 Å². The van der Waals surface area contributed by atoms with Crippen LogP contribution in [0.15, 0.2) is 18.2 Å². The maximum absolute atomic E-state index is 14.0. The van der Waals surface area contributed by atoms with Gasteiger partial charge in [-0.05, 0) is 37.8 Å². The van der Waals surface area contributed by atoms with Crippen LogP contribution in [0.25, 0.3) is 0 Å². The van der Waals surface area contributed by atoms with Crippen LogP contribution in [0, 0.1) is 17.0 Å². The van der Waals surface area contributed by atoms with Gasteiger partial charge in [0.05, 0.1) is 0 Å². The van der Waals surface area contributed by atoms with Crippen molar-refractivity contribution in [2.75, 3.05) is 7.05 Å². The fraction of sp³-hybridized carbons (Fsp3) is 0.600. The molecular formula is C15H21F2N. The van der Waals surface area contributed by atoms with Crippen LogP contribution in [0.5, 0.6) is 0 Å². The molecule has 1 aliphatic carbocycles. The Kier molecular flexibility index (Phi) is 4.00. The van der Waals surface area contributed by atoms with Crippen LogP contribution >= 0.6 is 0 Å². The molecule has 1 fully saturated rings. The van der Waals surface area contributed by atoms with Gasteiger partial charge in [-0.1, -0.05) is 31.9 Å². The average molecular weight is 253 g/mol. The Morgan fingerprint density at radius 3 is 2.50 bits per heavy atom. The second kappa shape index (κ2) is 5.35. The lowest BCUT2D eigenvalue weighted by atomic mass is 9.73. The van der Waals surface area contributed by atoms with Crippen molar-refractivity contribution in [3.8, 4) is 0 Å². The van der Waals surface area contributed by atoms with Crippen LogP contribution in [0.4, 0.5) is 8.78 Å². The number of hydrogen-bond donors (Lipinski definition) is 1. The van der Waals surface area contributed by atoms with Crippen LogP contribution in [0.3, 0.4) is 0 Å². The first-order valence-corrected chi connectivity index (χ1v) is 6.76. The molecule has 2 rings (SSSR count). The lowest BCUT2D eigenvalue weighted by Gasteiger charge is -2.37. The average Bonchev–Trinajstić information content (AvgIpc) is 2.85. The Hall–Kier alpha value is -0.960. The van der Waals surface area contributed by atoms with E-state index in [-0.39, 0.29) is 11.5 Å². The maximum Gasteiger partial charge on any atom is 0.163 e. The fourth-order valence-electron chi connectivity index (χ4n) is 3.46. The van der Waals surface area contributed by atoms with Crippen molar-refractivity contribution in [3.05, 3.63) is 35.4 Å². The predicted octanol–water partition coefficient (Wildman–Crippen LogP) is 4.20. The van der Waals surface area contributed by atoms with E-state index in [1.807, 2.05) is 7.05 Å². The summed E-state index contributed by atoms with van der Waals surface area (Å²) in [4.78, 5) is 0. The van der Waals surface area contributed by atoms with Crippen LogP contribution in [0.2, 0.25) is 0 Å². The number of halogens is 2. The summed E-state index contributed by atoms with van der Waals surface area (Å²) < 4.78 is 27.4. The third kappa shape index (κ3) is 2.16. The second-order valence-electron chi connectivity index (χ2n) is 5.29. The van der Waals surface area contributed by atoms with E-state index >= 15 is 0 Å². The maximum atomic E-state index is 14.0. The van der Waals surface area contributed by atoms with E-state index in [1.165, 1.54) is 18.9 Å². The molecule has 0 heterocycles. The van der Waals surface area contributed by atoms with Gasteiger partial charge < -0.3 is 5.32 Å². The summed E-state index contributed by atoms with van der Waals surface area (Å²) >= 11 is 0. The zero-order valence-corrected chi connectivity index (χ0v) is 11.1. The van der Waals surface area contributed by atoms with Gasteiger partial charge in [-0.25, -0.2) is 8.78 Å². The van der Waals surface area contributed by atoms with E-state index in [2.05, 4.69) is 12.2 Å². The van der Waals surface area contributed by atoms with Crippen molar-refractivity contribution in [3.63, 3.8) is 0 Å². The van der Waals surface area contributed by atoms with Crippen LogP contribution < -0.4 is 5.32 Å². The molecule has 1 unspecified atom stereocenters. The minimum absolute atomic E-state index is 0.0728. The van der Waals surface area contributed by atoms with Crippen molar-refractivity contribution >= 4 is 0 Å². The van der Waals surface area contributed by atoms with E-state index in [1.54, 1.807) is 12.1 Å². The molecule has 1 atom stereocenters. The molecule has 0 amide bonds. The van der Waals surface area contributed by atoms with Gasteiger partial charge in [-0.15, -0.1) is 0 Å². The fourth-order valence-corrected chi connectivity index (χ4v) is 3.46.